The van der Waals surface area contributed by atoms with Gasteiger partial charge in [-0.2, -0.15) is 0 Å². The van der Waals surface area contributed by atoms with Gasteiger partial charge >= 0.3 is 23.0 Å². The first-order valence-electron chi connectivity index (χ1n) is 6.23. The van der Waals surface area contributed by atoms with Gasteiger partial charge in [0, 0.05) is 5.57 Å². The van der Waals surface area contributed by atoms with Crippen LogP contribution in [-0.4, -0.2) is 27.5 Å². The number of hydrogen-bond donors (Lipinski definition) is 3. The number of hydrogen-bond acceptors (Lipinski definition) is 5. The maximum absolute atomic E-state index is 11.1. The predicted molar refractivity (Wildman–Crippen MR) is 73.6 cm³/mol. The van der Waals surface area contributed by atoms with Crippen molar-refractivity contribution >= 4 is 5.97 Å². The van der Waals surface area contributed by atoms with Crippen LogP contribution >= 0.6 is 0 Å². The minimum absolute atomic E-state index is 0.170. The highest BCUT2D eigenvalue weighted by molar-refractivity contribution is 5.88. The lowest BCUT2D eigenvalue weighted by atomic mass is 10.2. The van der Waals surface area contributed by atoms with E-state index in [1.54, 1.807) is 15.0 Å². The van der Waals surface area contributed by atoms with Gasteiger partial charge in [0.2, 0.25) is 0 Å². The highest BCUT2D eigenvalue weighted by Gasteiger charge is 2.05. The molecule has 0 saturated carbocycles. The molecule has 112 valence electrons. The molecule has 1 aromatic rings. The van der Waals surface area contributed by atoms with Crippen LogP contribution in [0.4, 0.5) is 0 Å². The van der Waals surface area contributed by atoms with E-state index in [2.05, 4.69) is 0 Å². The Morgan fingerprint density at radius 2 is 1.45 bits per heavy atom. The highest BCUT2D eigenvalue weighted by Crippen LogP contribution is 2.04. The third kappa shape index (κ3) is 7.14. The van der Waals surface area contributed by atoms with Gasteiger partial charge in [-0.3, -0.25) is 15.0 Å². The van der Waals surface area contributed by atoms with Crippen LogP contribution < -0.4 is 17.1 Å². The van der Waals surface area contributed by atoms with Gasteiger partial charge in [-0.15, -0.1) is 0 Å². The zero-order valence-electron chi connectivity index (χ0n) is 11.7. The average molecular weight is 285 g/mol. The molecule has 0 aliphatic heterocycles. The maximum Gasteiger partial charge on any atom is 0.333 e. The summed E-state index contributed by atoms with van der Waals surface area (Å²) in [4.78, 5) is 47.0. The summed E-state index contributed by atoms with van der Waals surface area (Å²) in [6, 6.07) is 0. The Labute approximate surface area is 114 Å². The van der Waals surface area contributed by atoms with Crippen molar-refractivity contribution < 1.29 is 9.53 Å². The van der Waals surface area contributed by atoms with Gasteiger partial charge in [0.1, 0.15) is 0 Å². The predicted octanol–water partition coefficient (Wildman–Crippen LogP) is 0.0474. The number of carbonyl (C=O) groups is 1. The quantitative estimate of drug-likeness (QED) is 0.532. The summed E-state index contributed by atoms with van der Waals surface area (Å²) in [6.07, 6.45) is 3.56. The van der Waals surface area contributed by atoms with Crippen molar-refractivity contribution in [3.05, 3.63) is 43.1 Å². The lowest BCUT2D eigenvalue weighted by molar-refractivity contribution is -0.138. The van der Waals surface area contributed by atoms with Crippen LogP contribution in [0, 0.1) is 0 Å². The van der Waals surface area contributed by atoms with Gasteiger partial charge < -0.3 is 4.74 Å². The standard InChI is InChI=1S/C9H16O2.C3H3N3O3/c1-4-7-8(5-2)9(10)11-6-3;7-1-4-2(8)6-3(9)5-1/h7H,4-6H2,1-3H3;(H3,4,5,6,7,8,9). The van der Waals surface area contributed by atoms with Crippen LogP contribution in [-0.2, 0) is 9.53 Å². The van der Waals surface area contributed by atoms with Crippen LogP contribution in [0.15, 0.2) is 26.0 Å². The molecule has 0 aliphatic rings. The number of H-pyrrole nitrogens is 3. The zero-order chi connectivity index (χ0) is 15.5. The molecule has 0 fully saturated rings. The number of aromatic amines is 3. The van der Waals surface area contributed by atoms with Gasteiger partial charge in [0.25, 0.3) is 0 Å². The number of aromatic nitrogens is 3. The number of rotatable bonds is 4. The molecule has 1 heterocycles. The molecule has 0 aliphatic carbocycles. The Morgan fingerprint density at radius 3 is 1.75 bits per heavy atom. The van der Waals surface area contributed by atoms with E-state index in [4.69, 9.17) is 4.74 Å². The van der Waals surface area contributed by atoms with E-state index in [1.165, 1.54) is 0 Å². The maximum atomic E-state index is 11.1. The summed E-state index contributed by atoms with van der Waals surface area (Å²) in [7, 11) is 0. The van der Waals surface area contributed by atoms with Crippen molar-refractivity contribution in [2.24, 2.45) is 0 Å². The highest BCUT2D eigenvalue weighted by atomic mass is 16.5. The Kier molecular flexibility index (Phi) is 8.40. The average Bonchev–Trinajstić information content (AvgIpc) is 2.35. The summed E-state index contributed by atoms with van der Waals surface area (Å²) in [6.45, 7) is 6.24. The van der Waals surface area contributed by atoms with E-state index >= 15 is 0 Å². The molecule has 0 aromatic carbocycles. The molecule has 0 bridgehead atoms. The topological polar surface area (TPSA) is 125 Å². The third-order valence-electron chi connectivity index (χ3n) is 2.05. The zero-order valence-corrected chi connectivity index (χ0v) is 11.7. The third-order valence-corrected chi connectivity index (χ3v) is 2.05. The largest absolute Gasteiger partial charge is 0.463 e. The molecular weight excluding hydrogens is 266 g/mol. The van der Waals surface area contributed by atoms with Crippen molar-refractivity contribution in [3.63, 3.8) is 0 Å². The van der Waals surface area contributed by atoms with E-state index in [-0.39, 0.29) is 5.97 Å². The van der Waals surface area contributed by atoms with Gasteiger partial charge in [0.15, 0.2) is 0 Å². The Bertz CT molecular complexity index is 530. The molecule has 8 heteroatoms. The minimum Gasteiger partial charge on any atom is -0.463 e. The molecule has 0 radical (unpaired) electrons. The molecular formula is C12H19N3O5. The molecule has 0 saturated heterocycles. The fourth-order valence-electron chi connectivity index (χ4n) is 1.25. The van der Waals surface area contributed by atoms with E-state index < -0.39 is 17.1 Å². The van der Waals surface area contributed by atoms with Crippen molar-refractivity contribution in [3.8, 4) is 0 Å². The molecule has 3 N–H and O–H groups in total. The number of esters is 1. The van der Waals surface area contributed by atoms with E-state index in [0.29, 0.717) is 6.61 Å². The van der Waals surface area contributed by atoms with Crippen LogP contribution in [0.25, 0.3) is 0 Å². The van der Waals surface area contributed by atoms with Crippen molar-refractivity contribution in [2.75, 3.05) is 6.61 Å². The molecule has 1 aromatic heterocycles. The smallest absolute Gasteiger partial charge is 0.333 e. The van der Waals surface area contributed by atoms with Gasteiger partial charge in [-0.05, 0) is 19.8 Å². The van der Waals surface area contributed by atoms with Crippen LogP contribution in [0.2, 0.25) is 0 Å². The number of nitrogens with one attached hydrogen (secondary N) is 3. The van der Waals surface area contributed by atoms with Gasteiger partial charge in [-0.25, -0.2) is 19.2 Å². The lowest BCUT2D eigenvalue weighted by Gasteiger charge is -2.02. The van der Waals surface area contributed by atoms with Crippen LogP contribution in [0.1, 0.15) is 33.6 Å². The summed E-state index contributed by atoms with van der Waals surface area (Å²) >= 11 is 0. The van der Waals surface area contributed by atoms with Crippen LogP contribution in [0.5, 0.6) is 0 Å². The SMILES string of the molecule is CCC=C(CC)C(=O)OCC.O=c1[nH]c(=O)[nH]c(=O)[nH]1. The second-order valence-corrected chi connectivity index (χ2v) is 3.57. The van der Waals surface area contributed by atoms with E-state index in [1.807, 2.05) is 26.8 Å². The molecule has 0 amide bonds. The van der Waals surface area contributed by atoms with Gasteiger partial charge in [-0.1, -0.05) is 19.9 Å². The lowest BCUT2D eigenvalue weighted by Crippen LogP contribution is -2.34. The Hall–Kier alpha value is -2.38. The molecule has 0 spiro atoms. The van der Waals surface area contributed by atoms with Crippen LogP contribution in [0.3, 0.4) is 0 Å². The number of ether oxygens (including phenoxy) is 1. The first kappa shape index (κ1) is 17.6. The minimum atomic E-state index is -0.802. The number of carbonyl (C=O) groups excluding carboxylic acids is 1. The van der Waals surface area contributed by atoms with E-state index in [0.717, 1.165) is 18.4 Å². The van der Waals surface area contributed by atoms with Crippen molar-refractivity contribution in [1.29, 1.82) is 0 Å². The summed E-state index contributed by atoms with van der Waals surface area (Å²) < 4.78 is 4.84. The second-order valence-electron chi connectivity index (χ2n) is 3.57. The van der Waals surface area contributed by atoms with E-state index in [9.17, 15) is 19.2 Å². The normalized spacial score (nSPS) is 10.4. The van der Waals surface area contributed by atoms with Gasteiger partial charge in [0.05, 0.1) is 6.61 Å². The summed E-state index contributed by atoms with van der Waals surface area (Å²) in [5, 5.41) is 0. The summed E-state index contributed by atoms with van der Waals surface area (Å²) in [5.74, 6) is -0.170. The second kappa shape index (κ2) is 9.54. The fraction of sp³-hybridized carbons (Fsp3) is 0.500. The molecule has 20 heavy (non-hydrogen) atoms. The Morgan fingerprint density at radius 1 is 1.00 bits per heavy atom. The first-order valence-corrected chi connectivity index (χ1v) is 6.23. The van der Waals surface area contributed by atoms with Crippen molar-refractivity contribution in [1.82, 2.24) is 15.0 Å². The first-order chi connectivity index (χ1) is 9.44. The summed E-state index contributed by atoms with van der Waals surface area (Å²) in [5.41, 5.74) is -1.62. The number of allylic oxidation sites excluding steroid dienone is 1. The molecule has 0 atom stereocenters. The fourth-order valence-corrected chi connectivity index (χ4v) is 1.25. The molecule has 1 rings (SSSR count). The molecule has 0 unspecified atom stereocenters. The monoisotopic (exact) mass is 285 g/mol. The Balaban J connectivity index is 0.000000367. The molecule has 8 nitrogen and oxygen atoms in total. The van der Waals surface area contributed by atoms with Crippen molar-refractivity contribution in [2.45, 2.75) is 33.6 Å².